The van der Waals surface area contributed by atoms with E-state index in [-0.39, 0.29) is 0 Å². The molecule has 2 unspecified atom stereocenters. The summed E-state index contributed by atoms with van der Waals surface area (Å²) in [5, 5.41) is 3.75. The fourth-order valence-corrected chi connectivity index (χ4v) is 3.80. The van der Waals surface area contributed by atoms with Gasteiger partial charge in [-0.3, -0.25) is 9.88 Å². The van der Waals surface area contributed by atoms with E-state index >= 15 is 0 Å². The van der Waals surface area contributed by atoms with Crippen molar-refractivity contribution in [3.8, 4) is 0 Å². The highest BCUT2D eigenvalue weighted by molar-refractivity contribution is 5.12. The van der Waals surface area contributed by atoms with Crippen molar-refractivity contribution in [2.75, 3.05) is 6.54 Å². The molecule has 1 aromatic rings. The lowest BCUT2D eigenvalue weighted by Gasteiger charge is -2.37. The number of aromatic nitrogens is 1. The van der Waals surface area contributed by atoms with Crippen LogP contribution in [0.3, 0.4) is 0 Å². The molecule has 0 amide bonds. The first-order valence-electron chi connectivity index (χ1n) is 8.16. The van der Waals surface area contributed by atoms with Gasteiger partial charge < -0.3 is 5.32 Å². The van der Waals surface area contributed by atoms with Gasteiger partial charge >= 0.3 is 0 Å². The molecule has 2 atom stereocenters. The summed E-state index contributed by atoms with van der Waals surface area (Å²) in [6.45, 7) is 6.59. The van der Waals surface area contributed by atoms with E-state index in [2.05, 4.69) is 41.2 Å². The molecule has 2 aliphatic rings. The van der Waals surface area contributed by atoms with E-state index in [0.717, 1.165) is 24.7 Å². The highest BCUT2D eigenvalue weighted by Crippen LogP contribution is 2.30. The number of nitrogens with one attached hydrogen (secondary N) is 1. The number of aryl methyl sites for hydroxylation is 1. The Bertz CT molecular complexity index is 416. The van der Waals surface area contributed by atoms with Gasteiger partial charge in [0.05, 0.1) is 5.69 Å². The minimum absolute atomic E-state index is 0.747. The van der Waals surface area contributed by atoms with Crippen LogP contribution < -0.4 is 5.32 Å². The van der Waals surface area contributed by atoms with Gasteiger partial charge in [-0.15, -0.1) is 0 Å². The van der Waals surface area contributed by atoms with E-state index in [4.69, 9.17) is 0 Å². The lowest BCUT2D eigenvalue weighted by molar-refractivity contribution is 0.132. The molecule has 0 aromatic carbocycles. The van der Waals surface area contributed by atoms with Crippen LogP contribution in [-0.4, -0.2) is 34.6 Å². The Balaban J connectivity index is 1.67. The molecule has 2 fully saturated rings. The molecule has 20 heavy (non-hydrogen) atoms. The number of hydrogen-bond acceptors (Lipinski definition) is 3. The first-order valence-corrected chi connectivity index (χ1v) is 8.16. The third kappa shape index (κ3) is 3.21. The highest BCUT2D eigenvalue weighted by atomic mass is 15.2. The Morgan fingerprint density at radius 1 is 1.25 bits per heavy atom. The SMILES string of the molecule is CCCN(Cc1ccc(C)cn1)C1CC2CCC(C1)N2. The second-order valence-corrected chi connectivity index (χ2v) is 6.56. The normalized spacial score (nSPS) is 29.1. The molecule has 1 aromatic heterocycles. The Hall–Kier alpha value is -0.930. The van der Waals surface area contributed by atoms with Crippen LogP contribution in [0.1, 0.15) is 50.3 Å². The van der Waals surface area contributed by atoms with Gasteiger partial charge in [0.2, 0.25) is 0 Å². The maximum absolute atomic E-state index is 4.59. The van der Waals surface area contributed by atoms with Gasteiger partial charge in [-0.05, 0) is 57.2 Å². The van der Waals surface area contributed by atoms with Gasteiger partial charge in [0.15, 0.2) is 0 Å². The number of piperidine rings is 1. The van der Waals surface area contributed by atoms with Crippen LogP contribution in [0.5, 0.6) is 0 Å². The quantitative estimate of drug-likeness (QED) is 0.894. The lowest BCUT2D eigenvalue weighted by Crippen LogP contribution is -2.48. The minimum Gasteiger partial charge on any atom is -0.311 e. The molecule has 0 spiro atoms. The fourth-order valence-electron chi connectivity index (χ4n) is 3.80. The second kappa shape index (κ2) is 6.23. The number of rotatable bonds is 5. The maximum Gasteiger partial charge on any atom is 0.0544 e. The average molecular weight is 273 g/mol. The van der Waals surface area contributed by atoms with Crippen molar-refractivity contribution in [2.45, 2.75) is 70.6 Å². The Labute approximate surface area is 122 Å². The molecule has 110 valence electrons. The second-order valence-electron chi connectivity index (χ2n) is 6.56. The van der Waals surface area contributed by atoms with Crippen LogP contribution in [-0.2, 0) is 6.54 Å². The van der Waals surface area contributed by atoms with E-state index in [9.17, 15) is 0 Å². The molecule has 3 heterocycles. The summed E-state index contributed by atoms with van der Waals surface area (Å²) in [6, 6.07) is 6.65. The van der Waals surface area contributed by atoms with Crippen LogP contribution in [0, 0.1) is 6.92 Å². The van der Waals surface area contributed by atoms with E-state index in [1.54, 1.807) is 0 Å². The van der Waals surface area contributed by atoms with Gasteiger partial charge in [0.25, 0.3) is 0 Å². The third-order valence-electron chi connectivity index (χ3n) is 4.81. The first kappa shape index (κ1) is 14.0. The molecule has 3 rings (SSSR count). The fraction of sp³-hybridized carbons (Fsp3) is 0.706. The number of pyridine rings is 1. The largest absolute Gasteiger partial charge is 0.311 e. The Morgan fingerprint density at radius 2 is 2.00 bits per heavy atom. The molecular weight excluding hydrogens is 246 g/mol. The molecule has 2 bridgehead atoms. The van der Waals surface area contributed by atoms with Crippen molar-refractivity contribution in [1.82, 2.24) is 15.2 Å². The van der Waals surface area contributed by atoms with Crippen molar-refractivity contribution in [1.29, 1.82) is 0 Å². The van der Waals surface area contributed by atoms with Gasteiger partial charge in [0.1, 0.15) is 0 Å². The van der Waals surface area contributed by atoms with Crippen LogP contribution in [0.4, 0.5) is 0 Å². The van der Waals surface area contributed by atoms with Gasteiger partial charge in [0, 0.05) is 30.9 Å². The van der Waals surface area contributed by atoms with Gasteiger partial charge in [-0.25, -0.2) is 0 Å². The summed E-state index contributed by atoms with van der Waals surface area (Å²) in [6.07, 6.45) is 8.62. The summed E-state index contributed by atoms with van der Waals surface area (Å²) < 4.78 is 0. The van der Waals surface area contributed by atoms with Crippen molar-refractivity contribution >= 4 is 0 Å². The van der Waals surface area contributed by atoms with Crippen LogP contribution in [0.25, 0.3) is 0 Å². The number of nitrogens with zero attached hydrogens (tertiary/aromatic N) is 2. The zero-order chi connectivity index (χ0) is 13.9. The zero-order valence-corrected chi connectivity index (χ0v) is 12.8. The minimum atomic E-state index is 0.747. The lowest BCUT2D eigenvalue weighted by atomic mass is 9.97. The Kier molecular flexibility index (Phi) is 4.37. The third-order valence-corrected chi connectivity index (χ3v) is 4.81. The summed E-state index contributed by atoms with van der Waals surface area (Å²) in [5.74, 6) is 0. The van der Waals surface area contributed by atoms with Crippen molar-refractivity contribution < 1.29 is 0 Å². The number of hydrogen-bond donors (Lipinski definition) is 1. The van der Waals surface area contributed by atoms with Crippen LogP contribution in [0.2, 0.25) is 0 Å². The predicted molar refractivity (Wildman–Crippen MR) is 82.6 cm³/mol. The standard InChI is InChI=1S/C17H27N3/c1-3-8-20(12-16-5-4-13(2)11-18-16)17-9-14-6-7-15(10-17)19-14/h4-5,11,14-15,17,19H,3,6-10,12H2,1-2H3. The molecule has 0 saturated carbocycles. The molecule has 0 radical (unpaired) electrons. The molecule has 3 nitrogen and oxygen atoms in total. The Morgan fingerprint density at radius 3 is 2.60 bits per heavy atom. The maximum atomic E-state index is 4.59. The molecule has 2 saturated heterocycles. The smallest absolute Gasteiger partial charge is 0.0544 e. The van der Waals surface area contributed by atoms with Crippen molar-refractivity contribution in [2.24, 2.45) is 0 Å². The van der Waals surface area contributed by atoms with Crippen molar-refractivity contribution in [3.05, 3.63) is 29.6 Å². The summed E-state index contributed by atoms with van der Waals surface area (Å²) in [7, 11) is 0. The van der Waals surface area contributed by atoms with E-state index in [0.29, 0.717) is 0 Å². The topological polar surface area (TPSA) is 28.2 Å². The highest BCUT2D eigenvalue weighted by Gasteiger charge is 2.35. The van der Waals surface area contributed by atoms with Gasteiger partial charge in [-0.2, -0.15) is 0 Å². The van der Waals surface area contributed by atoms with E-state index in [1.165, 1.54) is 49.9 Å². The monoisotopic (exact) mass is 273 g/mol. The zero-order valence-electron chi connectivity index (χ0n) is 12.8. The predicted octanol–water partition coefficient (Wildman–Crippen LogP) is 2.89. The van der Waals surface area contributed by atoms with Crippen LogP contribution in [0.15, 0.2) is 18.3 Å². The summed E-state index contributed by atoms with van der Waals surface area (Å²) in [4.78, 5) is 7.26. The summed E-state index contributed by atoms with van der Waals surface area (Å²) >= 11 is 0. The molecule has 2 aliphatic heterocycles. The van der Waals surface area contributed by atoms with Crippen molar-refractivity contribution in [3.63, 3.8) is 0 Å². The van der Waals surface area contributed by atoms with E-state index < -0.39 is 0 Å². The van der Waals surface area contributed by atoms with Gasteiger partial charge in [-0.1, -0.05) is 13.0 Å². The number of fused-ring (bicyclic) bond motifs is 2. The average Bonchev–Trinajstić information content (AvgIpc) is 2.79. The van der Waals surface area contributed by atoms with Crippen LogP contribution >= 0.6 is 0 Å². The molecule has 0 aliphatic carbocycles. The molecular formula is C17H27N3. The summed E-state index contributed by atoms with van der Waals surface area (Å²) in [5.41, 5.74) is 2.46. The first-order chi connectivity index (χ1) is 9.74. The molecule has 1 N–H and O–H groups in total. The van der Waals surface area contributed by atoms with E-state index in [1.807, 2.05) is 6.20 Å². The molecule has 3 heteroatoms.